The van der Waals surface area contributed by atoms with E-state index in [1.54, 1.807) is 12.1 Å². The predicted octanol–water partition coefficient (Wildman–Crippen LogP) is 6.65. The third kappa shape index (κ3) is 5.82. The van der Waals surface area contributed by atoms with Crippen LogP contribution >= 0.6 is 0 Å². The molecule has 1 N–H and O–H groups in total. The number of Topliss-reactive ketones (excluding diaryl/α,β-unsaturated/α-hetero) is 1. The predicted molar refractivity (Wildman–Crippen MR) is 146 cm³/mol. The van der Waals surface area contributed by atoms with Crippen molar-refractivity contribution < 1.29 is 23.8 Å². The lowest BCUT2D eigenvalue weighted by Crippen LogP contribution is -2.33. The molecular formula is C32H35NO5. The molecule has 38 heavy (non-hydrogen) atoms. The minimum Gasteiger partial charge on any atom is -0.449 e. The zero-order valence-corrected chi connectivity index (χ0v) is 22.0. The molecule has 2 atom stereocenters. The molecule has 1 amide bonds. The van der Waals surface area contributed by atoms with Gasteiger partial charge >= 0.3 is 6.09 Å². The van der Waals surface area contributed by atoms with Crippen molar-refractivity contribution in [2.45, 2.75) is 51.4 Å². The second-order valence-corrected chi connectivity index (χ2v) is 10.3. The van der Waals surface area contributed by atoms with Crippen LogP contribution in [0.5, 0.6) is 0 Å². The summed E-state index contributed by atoms with van der Waals surface area (Å²) < 4.78 is 16.9. The monoisotopic (exact) mass is 513 g/mol. The fraction of sp³-hybridized carbons (Fsp3) is 0.375. The van der Waals surface area contributed by atoms with Crippen molar-refractivity contribution in [1.82, 2.24) is 5.32 Å². The van der Waals surface area contributed by atoms with Crippen LogP contribution in [0.1, 0.15) is 72.1 Å². The highest BCUT2D eigenvalue weighted by molar-refractivity contribution is 5.97. The van der Waals surface area contributed by atoms with Crippen LogP contribution in [0.3, 0.4) is 0 Å². The molecular weight excluding hydrogens is 478 g/mol. The van der Waals surface area contributed by atoms with E-state index in [1.807, 2.05) is 50.2 Å². The number of amides is 1. The van der Waals surface area contributed by atoms with Gasteiger partial charge in [-0.3, -0.25) is 4.79 Å². The van der Waals surface area contributed by atoms with Gasteiger partial charge in [0, 0.05) is 18.1 Å². The number of rotatable bonds is 9. The van der Waals surface area contributed by atoms with Gasteiger partial charge in [0.2, 0.25) is 0 Å². The largest absolute Gasteiger partial charge is 0.449 e. The zero-order chi connectivity index (χ0) is 26.5. The minimum absolute atomic E-state index is 0.00434. The van der Waals surface area contributed by atoms with E-state index < -0.39 is 6.09 Å². The van der Waals surface area contributed by atoms with Gasteiger partial charge in [-0.25, -0.2) is 4.79 Å². The first kappa shape index (κ1) is 26.1. The topological polar surface area (TPSA) is 73.9 Å². The number of ether oxygens (including phenoxy) is 3. The molecule has 3 aromatic rings. The molecule has 6 nitrogen and oxygen atoms in total. The maximum atomic E-state index is 12.9. The maximum Gasteiger partial charge on any atom is 0.407 e. The summed E-state index contributed by atoms with van der Waals surface area (Å²) in [7, 11) is 0. The second-order valence-electron chi connectivity index (χ2n) is 10.3. The molecule has 0 radical (unpaired) electrons. The van der Waals surface area contributed by atoms with Gasteiger partial charge in [-0.05, 0) is 53.0 Å². The van der Waals surface area contributed by atoms with E-state index in [9.17, 15) is 9.59 Å². The van der Waals surface area contributed by atoms with E-state index in [2.05, 4.69) is 29.6 Å². The molecule has 198 valence electrons. The van der Waals surface area contributed by atoms with E-state index in [1.165, 1.54) is 22.3 Å². The highest BCUT2D eigenvalue weighted by atomic mass is 16.7. The molecule has 1 aliphatic carbocycles. The van der Waals surface area contributed by atoms with Gasteiger partial charge in [0.15, 0.2) is 12.1 Å². The van der Waals surface area contributed by atoms with Crippen LogP contribution in [0.2, 0.25) is 0 Å². The molecule has 6 heteroatoms. The van der Waals surface area contributed by atoms with E-state index in [-0.39, 0.29) is 43.2 Å². The zero-order valence-electron chi connectivity index (χ0n) is 22.0. The lowest BCUT2D eigenvalue weighted by Gasteiger charge is -2.24. The third-order valence-electron chi connectivity index (χ3n) is 7.41. The van der Waals surface area contributed by atoms with Gasteiger partial charge in [-0.1, -0.05) is 86.6 Å². The Hall–Kier alpha value is -3.48. The average Bonchev–Trinajstić information content (AvgIpc) is 3.27. The number of nitrogens with one attached hydrogen (secondary N) is 1. The van der Waals surface area contributed by atoms with Gasteiger partial charge in [0.25, 0.3) is 0 Å². The molecule has 1 saturated heterocycles. The minimum atomic E-state index is -0.452. The first-order valence-corrected chi connectivity index (χ1v) is 13.5. The van der Waals surface area contributed by atoms with Crippen LogP contribution in [0.4, 0.5) is 4.79 Å². The number of carbonyl (C=O) groups excluding carboxylic acids is 2. The molecule has 0 bridgehead atoms. The Bertz CT molecular complexity index is 1220. The normalized spacial score (nSPS) is 17.5. The number of hydrogen-bond acceptors (Lipinski definition) is 5. The standard InChI is InChI=1S/C32H35NO5/c1-21(2)31(23-16-14-22(15-17-23)29(34)20-37-30-13-7-8-18-36-30)33-32(35)38-19-28-26-11-5-3-9-24(26)25-10-4-6-12-27(25)28/h3-6,9-12,14-17,21,28,30-31H,7-8,13,18-20H2,1-2H3,(H,33,35)/t30?,31-/m0/s1. The smallest absolute Gasteiger partial charge is 0.407 e. The Balaban J connectivity index is 1.19. The number of carbonyl (C=O) groups is 2. The van der Waals surface area contributed by atoms with Gasteiger partial charge in [-0.2, -0.15) is 0 Å². The van der Waals surface area contributed by atoms with Gasteiger partial charge in [0.1, 0.15) is 13.2 Å². The summed E-state index contributed by atoms with van der Waals surface area (Å²) in [4.78, 5) is 25.5. The number of hydrogen-bond donors (Lipinski definition) is 1. The molecule has 0 aromatic heterocycles. The SMILES string of the molecule is CC(C)[C@H](NC(=O)OCC1c2ccccc2-c2ccccc21)c1ccc(C(=O)COC2CCCCO2)cc1. The van der Waals surface area contributed by atoms with Crippen molar-refractivity contribution in [3.05, 3.63) is 95.1 Å². The van der Waals surface area contributed by atoms with Crippen LogP contribution in [0.15, 0.2) is 72.8 Å². The van der Waals surface area contributed by atoms with Crippen molar-refractivity contribution in [2.75, 3.05) is 19.8 Å². The lowest BCUT2D eigenvalue weighted by atomic mass is 9.95. The average molecular weight is 514 g/mol. The van der Waals surface area contributed by atoms with Crippen molar-refractivity contribution in [1.29, 1.82) is 0 Å². The lowest BCUT2D eigenvalue weighted by molar-refractivity contribution is -0.155. The third-order valence-corrected chi connectivity index (χ3v) is 7.41. The first-order chi connectivity index (χ1) is 18.5. The molecule has 1 heterocycles. The molecule has 2 aliphatic rings. The van der Waals surface area contributed by atoms with E-state index in [0.29, 0.717) is 12.2 Å². The Kier molecular flexibility index (Phi) is 8.20. The number of ketones is 1. The highest BCUT2D eigenvalue weighted by Gasteiger charge is 2.29. The van der Waals surface area contributed by atoms with Crippen LogP contribution in [-0.2, 0) is 14.2 Å². The maximum absolute atomic E-state index is 12.9. The molecule has 1 aliphatic heterocycles. The highest BCUT2D eigenvalue weighted by Crippen LogP contribution is 2.44. The van der Waals surface area contributed by atoms with E-state index in [0.717, 1.165) is 24.8 Å². The Morgan fingerprint density at radius 2 is 1.58 bits per heavy atom. The van der Waals surface area contributed by atoms with Crippen molar-refractivity contribution >= 4 is 11.9 Å². The summed E-state index contributed by atoms with van der Waals surface area (Å²) >= 11 is 0. The first-order valence-electron chi connectivity index (χ1n) is 13.5. The van der Waals surface area contributed by atoms with Crippen molar-refractivity contribution in [3.63, 3.8) is 0 Å². The summed E-state index contributed by atoms with van der Waals surface area (Å²) in [6, 6.07) is 23.7. The molecule has 0 saturated carbocycles. The van der Waals surface area contributed by atoms with Crippen LogP contribution in [0.25, 0.3) is 11.1 Å². The van der Waals surface area contributed by atoms with Gasteiger partial charge < -0.3 is 19.5 Å². The molecule has 0 spiro atoms. The second kappa shape index (κ2) is 11.9. The molecule has 3 aromatic carbocycles. The number of alkyl carbamates (subject to hydrolysis) is 1. The van der Waals surface area contributed by atoms with E-state index in [4.69, 9.17) is 14.2 Å². The summed E-state index contributed by atoms with van der Waals surface area (Å²) in [6.45, 7) is 5.04. The Morgan fingerprint density at radius 3 is 2.18 bits per heavy atom. The summed E-state index contributed by atoms with van der Waals surface area (Å²) in [5, 5.41) is 3.03. The molecule has 1 fully saturated rings. The summed E-state index contributed by atoms with van der Waals surface area (Å²) in [5.41, 5.74) is 6.25. The van der Waals surface area contributed by atoms with Crippen molar-refractivity contribution in [2.24, 2.45) is 5.92 Å². The van der Waals surface area contributed by atoms with Crippen LogP contribution in [-0.4, -0.2) is 38.0 Å². The van der Waals surface area contributed by atoms with Gasteiger partial charge in [0.05, 0.1) is 6.04 Å². The number of benzene rings is 3. The van der Waals surface area contributed by atoms with Crippen LogP contribution < -0.4 is 5.32 Å². The molecule has 1 unspecified atom stereocenters. The van der Waals surface area contributed by atoms with Crippen molar-refractivity contribution in [3.8, 4) is 11.1 Å². The molecule has 5 rings (SSSR count). The fourth-order valence-corrected chi connectivity index (χ4v) is 5.37. The summed E-state index contributed by atoms with van der Waals surface area (Å²) in [6.07, 6.45) is 2.17. The van der Waals surface area contributed by atoms with Gasteiger partial charge in [-0.15, -0.1) is 0 Å². The van der Waals surface area contributed by atoms with Crippen LogP contribution in [0, 0.1) is 5.92 Å². The Morgan fingerprint density at radius 1 is 0.921 bits per heavy atom. The Labute approximate surface area is 224 Å². The quantitative estimate of drug-likeness (QED) is 0.324. The number of fused-ring (bicyclic) bond motifs is 3. The fourth-order valence-electron chi connectivity index (χ4n) is 5.37. The van der Waals surface area contributed by atoms with E-state index >= 15 is 0 Å². The summed E-state index contributed by atoms with van der Waals surface area (Å²) in [5.74, 6) is 0.0531.